The predicted molar refractivity (Wildman–Crippen MR) is 98.0 cm³/mol. The van der Waals surface area contributed by atoms with Gasteiger partial charge in [-0.2, -0.15) is 0 Å². The van der Waals surface area contributed by atoms with Crippen molar-refractivity contribution in [2.75, 3.05) is 36.4 Å². The van der Waals surface area contributed by atoms with Crippen LogP contribution in [0, 0.1) is 11.8 Å². The molecule has 2 aromatic heterocycles. The van der Waals surface area contributed by atoms with Crippen molar-refractivity contribution < 1.29 is 4.79 Å². The van der Waals surface area contributed by atoms with Gasteiger partial charge in [-0.15, -0.1) is 11.3 Å². The van der Waals surface area contributed by atoms with Crippen LogP contribution in [0.1, 0.15) is 25.5 Å². The second kappa shape index (κ2) is 6.59. The Balaban J connectivity index is 1.37. The summed E-state index contributed by atoms with van der Waals surface area (Å²) in [6.07, 6.45) is 3.36. The summed E-state index contributed by atoms with van der Waals surface area (Å²) < 4.78 is 0. The van der Waals surface area contributed by atoms with E-state index in [4.69, 9.17) is 0 Å². The molecule has 2 aliphatic rings. The van der Waals surface area contributed by atoms with Crippen LogP contribution in [0.2, 0.25) is 0 Å². The first kappa shape index (κ1) is 16.3. The van der Waals surface area contributed by atoms with Crippen molar-refractivity contribution in [3.63, 3.8) is 0 Å². The van der Waals surface area contributed by atoms with Crippen molar-refractivity contribution in [1.82, 2.24) is 19.9 Å². The third-order valence-electron chi connectivity index (χ3n) is 5.01. The molecule has 25 heavy (non-hydrogen) atoms. The number of anilines is 2. The van der Waals surface area contributed by atoms with Gasteiger partial charge >= 0.3 is 6.03 Å². The fourth-order valence-corrected chi connectivity index (χ4v) is 4.17. The highest BCUT2D eigenvalue weighted by molar-refractivity contribution is 7.13. The molecule has 0 bridgehead atoms. The van der Waals surface area contributed by atoms with Gasteiger partial charge in [0.15, 0.2) is 5.13 Å². The van der Waals surface area contributed by atoms with Crippen LogP contribution in [0.25, 0.3) is 0 Å². The number of likely N-dealkylation sites (tertiary alicyclic amines) is 1. The molecule has 2 aliphatic heterocycles. The summed E-state index contributed by atoms with van der Waals surface area (Å²) in [6.45, 7) is 7.76. The molecular formula is C17H22N6OS. The maximum Gasteiger partial charge on any atom is 0.323 e. The Kier molecular flexibility index (Phi) is 4.29. The average molecular weight is 358 g/mol. The molecule has 2 amide bonds. The van der Waals surface area contributed by atoms with Crippen LogP contribution in [0.15, 0.2) is 24.0 Å². The quantitative estimate of drug-likeness (QED) is 0.913. The summed E-state index contributed by atoms with van der Waals surface area (Å²) in [5, 5.41) is 5.39. The molecule has 2 unspecified atom stereocenters. The second-order valence-electron chi connectivity index (χ2n) is 7.05. The maximum absolute atomic E-state index is 12.4. The number of carbonyl (C=O) groups excluding carboxylic acids is 1. The molecule has 2 saturated heterocycles. The van der Waals surface area contributed by atoms with E-state index < -0.39 is 0 Å². The summed E-state index contributed by atoms with van der Waals surface area (Å²) >= 11 is 1.44. The lowest BCUT2D eigenvalue weighted by Gasteiger charge is -2.22. The number of carbonyl (C=O) groups is 1. The van der Waals surface area contributed by atoms with Crippen molar-refractivity contribution >= 4 is 28.3 Å². The monoisotopic (exact) mass is 358 g/mol. The van der Waals surface area contributed by atoms with Crippen LogP contribution >= 0.6 is 11.3 Å². The van der Waals surface area contributed by atoms with E-state index in [1.54, 1.807) is 12.5 Å². The first-order chi connectivity index (χ1) is 12.1. The molecule has 4 rings (SSSR count). The van der Waals surface area contributed by atoms with Gasteiger partial charge in [0, 0.05) is 61.4 Å². The number of hydrogen-bond donors (Lipinski definition) is 1. The van der Waals surface area contributed by atoms with Crippen LogP contribution in [-0.2, 0) is 0 Å². The molecule has 0 radical (unpaired) electrons. The molecule has 0 saturated carbocycles. The molecule has 0 aromatic carbocycles. The van der Waals surface area contributed by atoms with Gasteiger partial charge in [-0.05, 0) is 5.92 Å². The van der Waals surface area contributed by atoms with Crippen LogP contribution in [0.4, 0.5) is 15.7 Å². The smallest absolute Gasteiger partial charge is 0.323 e. The zero-order valence-electron chi connectivity index (χ0n) is 14.4. The van der Waals surface area contributed by atoms with Crippen LogP contribution in [-0.4, -0.2) is 52.1 Å². The highest BCUT2D eigenvalue weighted by Crippen LogP contribution is 2.34. The SMILES string of the molecule is CC(C)c1cc(N2CC3CN(C(=O)Nc4nccs4)CC3C2)ncn1. The molecule has 2 atom stereocenters. The van der Waals surface area contributed by atoms with E-state index in [0.717, 1.165) is 37.7 Å². The van der Waals surface area contributed by atoms with Crippen molar-refractivity contribution in [3.8, 4) is 0 Å². The molecule has 2 fully saturated rings. The van der Waals surface area contributed by atoms with Gasteiger partial charge in [-0.25, -0.2) is 19.7 Å². The minimum atomic E-state index is -0.0416. The molecule has 0 spiro atoms. The number of aromatic nitrogens is 3. The predicted octanol–water partition coefficient (Wildman–Crippen LogP) is 2.66. The van der Waals surface area contributed by atoms with E-state index in [1.807, 2.05) is 10.3 Å². The molecule has 132 valence electrons. The Hall–Kier alpha value is -2.22. The summed E-state index contributed by atoms with van der Waals surface area (Å²) in [5.41, 5.74) is 1.08. The minimum Gasteiger partial charge on any atom is -0.356 e. The number of nitrogens with zero attached hydrogens (tertiary/aromatic N) is 5. The van der Waals surface area contributed by atoms with E-state index in [2.05, 4.69) is 45.1 Å². The lowest BCUT2D eigenvalue weighted by Crippen LogP contribution is -2.36. The number of nitrogens with one attached hydrogen (secondary N) is 1. The summed E-state index contributed by atoms with van der Waals surface area (Å²) in [7, 11) is 0. The Morgan fingerprint density at radius 1 is 1.20 bits per heavy atom. The minimum absolute atomic E-state index is 0.0416. The molecule has 2 aromatic rings. The number of hydrogen-bond acceptors (Lipinski definition) is 6. The lowest BCUT2D eigenvalue weighted by atomic mass is 10.0. The van der Waals surface area contributed by atoms with Gasteiger partial charge in [0.1, 0.15) is 12.1 Å². The molecule has 8 heteroatoms. The molecular weight excluding hydrogens is 336 g/mol. The number of rotatable bonds is 3. The highest BCUT2D eigenvalue weighted by atomic mass is 32.1. The Labute approximate surface area is 151 Å². The van der Waals surface area contributed by atoms with Crippen molar-refractivity contribution in [1.29, 1.82) is 0 Å². The van der Waals surface area contributed by atoms with Gasteiger partial charge in [0.25, 0.3) is 0 Å². The molecule has 0 aliphatic carbocycles. The number of amides is 2. The number of urea groups is 1. The van der Waals surface area contributed by atoms with Gasteiger partial charge in [0.05, 0.1) is 0 Å². The van der Waals surface area contributed by atoms with Crippen molar-refractivity contribution in [3.05, 3.63) is 29.7 Å². The summed E-state index contributed by atoms with van der Waals surface area (Å²) in [6, 6.07) is 2.05. The van der Waals surface area contributed by atoms with E-state index in [9.17, 15) is 4.79 Å². The average Bonchev–Trinajstić information content (AvgIpc) is 3.30. The number of thiazole rings is 1. The van der Waals surface area contributed by atoms with Gasteiger partial charge in [-0.1, -0.05) is 13.8 Å². The Bertz CT molecular complexity index is 735. The third kappa shape index (κ3) is 3.30. The fraction of sp³-hybridized carbons (Fsp3) is 0.529. The van der Waals surface area contributed by atoms with Crippen molar-refractivity contribution in [2.24, 2.45) is 11.8 Å². The van der Waals surface area contributed by atoms with Gasteiger partial charge in [-0.3, -0.25) is 5.32 Å². The van der Waals surface area contributed by atoms with E-state index in [0.29, 0.717) is 22.9 Å². The first-order valence-corrected chi connectivity index (χ1v) is 9.50. The lowest BCUT2D eigenvalue weighted by molar-refractivity contribution is 0.219. The second-order valence-corrected chi connectivity index (χ2v) is 7.95. The Morgan fingerprint density at radius 2 is 1.96 bits per heavy atom. The first-order valence-electron chi connectivity index (χ1n) is 8.62. The van der Waals surface area contributed by atoms with Crippen LogP contribution in [0.3, 0.4) is 0 Å². The molecule has 4 heterocycles. The number of fused-ring (bicyclic) bond motifs is 1. The molecule has 7 nitrogen and oxygen atoms in total. The maximum atomic E-state index is 12.4. The standard InChI is InChI=1S/C17H22N6OS/c1-11(2)14-5-15(20-10-19-14)22-6-12-8-23(9-13(12)7-22)17(24)21-16-18-3-4-25-16/h3-5,10-13H,6-9H2,1-2H3,(H,18,21,24). The Morgan fingerprint density at radius 3 is 2.60 bits per heavy atom. The van der Waals surface area contributed by atoms with E-state index in [1.165, 1.54) is 11.3 Å². The van der Waals surface area contributed by atoms with Gasteiger partial charge in [0.2, 0.25) is 0 Å². The zero-order chi connectivity index (χ0) is 17.4. The fourth-order valence-electron chi connectivity index (χ4n) is 3.65. The third-order valence-corrected chi connectivity index (χ3v) is 5.70. The summed E-state index contributed by atoms with van der Waals surface area (Å²) in [4.78, 5) is 29.5. The van der Waals surface area contributed by atoms with Crippen LogP contribution < -0.4 is 10.2 Å². The normalized spacial score (nSPS) is 22.5. The topological polar surface area (TPSA) is 74.2 Å². The van der Waals surface area contributed by atoms with Gasteiger partial charge < -0.3 is 9.80 Å². The van der Waals surface area contributed by atoms with Crippen molar-refractivity contribution in [2.45, 2.75) is 19.8 Å². The zero-order valence-corrected chi connectivity index (χ0v) is 15.2. The van der Waals surface area contributed by atoms with Crippen LogP contribution in [0.5, 0.6) is 0 Å². The van der Waals surface area contributed by atoms with E-state index in [-0.39, 0.29) is 6.03 Å². The van der Waals surface area contributed by atoms with E-state index >= 15 is 0 Å². The highest BCUT2D eigenvalue weighted by Gasteiger charge is 2.42. The molecule has 1 N–H and O–H groups in total. The summed E-state index contributed by atoms with van der Waals surface area (Å²) in [5.74, 6) is 2.40. The largest absolute Gasteiger partial charge is 0.356 e.